The molecule has 108 valence electrons. The van der Waals surface area contributed by atoms with Crippen molar-refractivity contribution in [2.45, 2.75) is 40.2 Å². The van der Waals surface area contributed by atoms with Crippen molar-refractivity contribution < 1.29 is 0 Å². The molecule has 3 nitrogen and oxygen atoms in total. The van der Waals surface area contributed by atoms with Crippen LogP contribution < -0.4 is 0 Å². The van der Waals surface area contributed by atoms with Crippen LogP contribution in [-0.2, 0) is 13.0 Å². The Morgan fingerprint density at radius 1 is 1.32 bits per heavy atom. The van der Waals surface area contributed by atoms with E-state index in [0.29, 0.717) is 0 Å². The smallest absolute Gasteiger partial charge is 0.0463 e. The van der Waals surface area contributed by atoms with E-state index in [1.165, 1.54) is 36.3 Å². The molecule has 0 saturated heterocycles. The first kappa shape index (κ1) is 16.1. The Morgan fingerprint density at radius 2 is 2.05 bits per heavy atom. The second-order valence-electron chi connectivity index (χ2n) is 5.24. The van der Waals surface area contributed by atoms with Crippen LogP contribution in [0.2, 0.25) is 0 Å². The Hall–Kier alpha value is -0.930. The first-order valence-electron chi connectivity index (χ1n) is 7.47. The highest BCUT2D eigenvalue weighted by molar-refractivity contribution is 5.30. The number of rotatable bonds is 4. The molecule has 0 aliphatic carbocycles. The van der Waals surface area contributed by atoms with Gasteiger partial charge in [0.15, 0.2) is 0 Å². The SMILES string of the molecule is CC.Cc1ccnc2c1CN(CCCN(C)C)CC2. The van der Waals surface area contributed by atoms with Gasteiger partial charge in [-0.15, -0.1) is 0 Å². The van der Waals surface area contributed by atoms with Gasteiger partial charge in [0, 0.05) is 31.4 Å². The van der Waals surface area contributed by atoms with Crippen molar-refractivity contribution in [3.63, 3.8) is 0 Å². The molecule has 0 saturated carbocycles. The van der Waals surface area contributed by atoms with Crippen molar-refractivity contribution in [2.75, 3.05) is 33.7 Å². The molecule has 0 unspecified atom stereocenters. The summed E-state index contributed by atoms with van der Waals surface area (Å²) in [6.45, 7) is 10.8. The van der Waals surface area contributed by atoms with Crippen LogP contribution in [0.25, 0.3) is 0 Å². The molecule has 0 amide bonds. The number of pyridine rings is 1. The summed E-state index contributed by atoms with van der Waals surface area (Å²) in [7, 11) is 4.28. The van der Waals surface area contributed by atoms with Gasteiger partial charge in [0.25, 0.3) is 0 Å². The number of fused-ring (bicyclic) bond motifs is 1. The summed E-state index contributed by atoms with van der Waals surface area (Å²) < 4.78 is 0. The predicted molar refractivity (Wildman–Crippen MR) is 82.5 cm³/mol. The van der Waals surface area contributed by atoms with Gasteiger partial charge >= 0.3 is 0 Å². The first-order valence-corrected chi connectivity index (χ1v) is 7.47. The van der Waals surface area contributed by atoms with E-state index >= 15 is 0 Å². The van der Waals surface area contributed by atoms with Crippen LogP contribution in [0.5, 0.6) is 0 Å². The highest BCUT2D eigenvalue weighted by Crippen LogP contribution is 2.20. The Labute approximate surface area is 118 Å². The maximum Gasteiger partial charge on any atom is 0.0463 e. The van der Waals surface area contributed by atoms with Gasteiger partial charge in [-0.25, -0.2) is 0 Å². The standard InChI is InChI=1S/C14H23N3.C2H6/c1-12-5-7-15-14-6-10-17(11-13(12)14)9-4-8-16(2)3;1-2/h5,7H,4,6,8-11H2,1-3H3;1-2H3. The van der Waals surface area contributed by atoms with E-state index in [2.05, 4.69) is 41.9 Å². The zero-order valence-corrected chi connectivity index (χ0v) is 13.2. The predicted octanol–water partition coefficient (Wildman–Crippen LogP) is 2.73. The average molecular weight is 263 g/mol. The van der Waals surface area contributed by atoms with Gasteiger partial charge in [-0.05, 0) is 57.7 Å². The van der Waals surface area contributed by atoms with Crippen molar-refractivity contribution in [3.05, 3.63) is 29.1 Å². The third-order valence-corrected chi connectivity index (χ3v) is 3.51. The van der Waals surface area contributed by atoms with Crippen LogP contribution in [0.3, 0.4) is 0 Å². The monoisotopic (exact) mass is 263 g/mol. The fourth-order valence-corrected chi connectivity index (χ4v) is 2.44. The number of hydrogen-bond acceptors (Lipinski definition) is 3. The largest absolute Gasteiger partial charge is 0.309 e. The van der Waals surface area contributed by atoms with E-state index in [4.69, 9.17) is 0 Å². The minimum absolute atomic E-state index is 1.09. The van der Waals surface area contributed by atoms with E-state index in [1.54, 1.807) is 0 Å². The minimum Gasteiger partial charge on any atom is -0.309 e. The Kier molecular flexibility index (Phi) is 7.03. The van der Waals surface area contributed by atoms with E-state index in [9.17, 15) is 0 Å². The van der Waals surface area contributed by atoms with Crippen molar-refractivity contribution >= 4 is 0 Å². The summed E-state index contributed by atoms with van der Waals surface area (Å²) in [6, 6.07) is 2.13. The molecule has 0 radical (unpaired) electrons. The molecule has 0 N–H and O–H groups in total. The highest BCUT2D eigenvalue weighted by Gasteiger charge is 2.17. The lowest BCUT2D eigenvalue weighted by molar-refractivity contribution is 0.236. The normalized spacial score (nSPS) is 14.8. The molecule has 1 aromatic rings. The average Bonchev–Trinajstić information content (AvgIpc) is 2.41. The molecule has 0 spiro atoms. The summed E-state index contributed by atoms with van der Waals surface area (Å²) in [4.78, 5) is 9.30. The lowest BCUT2D eigenvalue weighted by atomic mass is 10.0. The molecule has 3 heteroatoms. The van der Waals surface area contributed by atoms with E-state index in [1.807, 2.05) is 20.0 Å². The van der Waals surface area contributed by atoms with Gasteiger partial charge in [0.2, 0.25) is 0 Å². The number of aromatic nitrogens is 1. The second kappa shape index (κ2) is 8.28. The molecule has 0 bridgehead atoms. The lowest BCUT2D eigenvalue weighted by Gasteiger charge is -2.29. The highest BCUT2D eigenvalue weighted by atomic mass is 15.1. The van der Waals surface area contributed by atoms with Gasteiger partial charge in [-0.2, -0.15) is 0 Å². The van der Waals surface area contributed by atoms with Crippen LogP contribution in [0.4, 0.5) is 0 Å². The molecular formula is C16H29N3. The third-order valence-electron chi connectivity index (χ3n) is 3.51. The number of hydrogen-bond donors (Lipinski definition) is 0. The van der Waals surface area contributed by atoms with Crippen LogP contribution >= 0.6 is 0 Å². The van der Waals surface area contributed by atoms with Gasteiger partial charge in [-0.1, -0.05) is 13.8 Å². The summed E-state index contributed by atoms with van der Waals surface area (Å²) in [5.41, 5.74) is 4.17. The van der Waals surface area contributed by atoms with Crippen LogP contribution in [0.15, 0.2) is 12.3 Å². The van der Waals surface area contributed by atoms with Crippen LogP contribution in [0, 0.1) is 6.92 Å². The summed E-state index contributed by atoms with van der Waals surface area (Å²) >= 11 is 0. The zero-order chi connectivity index (χ0) is 14.3. The van der Waals surface area contributed by atoms with E-state index < -0.39 is 0 Å². The minimum atomic E-state index is 1.09. The third kappa shape index (κ3) is 4.92. The lowest BCUT2D eigenvalue weighted by Crippen LogP contribution is -2.33. The Bertz CT molecular complexity index is 374. The molecule has 19 heavy (non-hydrogen) atoms. The van der Waals surface area contributed by atoms with Gasteiger partial charge in [0.05, 0.1) is 0 Å². The molecule has 2 heterocycles. The van der Waals surface area contributed by atoms with Gasteiger partial charge < -0.3 is 4.90 Å². The molecule has 1 aliphatic heterocycles. The number of nitrogens with zero attached hydrogens (tertiary/aromatic N) is 3. The van der Waals surface area contributed by atoms with Gasteiger partial charge in [0.1, 0.15) is 0 Å². The van der Waals surface area contributed by atoms with E-state index in [-0.39, 0.29) is 0 Å². The van der Waals surface area contributed by atoms with Crippen LogP contribution in [0.1, 0.15) is 37.1 Å². The van der Waals surface area contributed by atoms with Crippen molar-refractivity contribution in [3.8, 4) is 0 Å². The molecular weight excluding hydrogens is 234 g/mol. The van der Waals surface area contributed by atoms with E-state index in [0.717, 1.165) is 19.5 Å². The summed E-state index contributed by atoms with van der Waals surface area (Å²) in [5, 5.41) is 0. The second-order valence-corrected chi connectivity index (χ2v) is 5.24. The fraction of sp³-hybridized carbons (Fsp3) is 0.688. The molecule has 1 aromatic heterocycles. The maximum absolute atomic E-state index is 4.49. The summed E-state index contributed by atoms with van der Waals surface area (Å²) in [5.74, 6) is 0. The molecule has 0 fully saturated rings. The van der Waals surface area contributed by atoms with Crippen molar-refractivity contribution in [2.24, 2.45) is 0 Å². The van der Waals surface area contributed by atoms with Crippen molar-refractivity contribution in [1.29, 1.82) is 0 Å². The molecule has 2 rings (SSSR count). The zero-order valence-electron chi connectivity index (χ0n) is 13.2. The maximum atomic E-state index is 4.49. The van der Waals surface area contributed by atoms with Gasteiger partial charge in [-0.3, -0.25) is 9.88 Å². The van der Waals surface area contributed by atoms with Crippen molar-refractivity contribution in [1.82, 2.24) is 14.8 Å². The molecule has 0 atom stereocenters. The molecule has 1 aliphatic rings. The first-order chi connectivity index (χ1) is 9.16. The summed E-state index contributed by atoms with van der Waals surface area (Å²) in [6.07, 6.45) is 4.30. The number of aryl methyl sites for hydroxylation is 1. The molecule has 0 aromatic carbocycles. The van der Waals surface area contributed by atoms with Crippen LogP contribution in [-0.4, -0.2) is 48.5 Å². The fourth-order valence-electron chi connectivity index (χ4n) is 2.44. The Morgan fingerprint density at radius 3 is 2.74 bits per heavy atom. The quantitative estimate of drug-likeness (QED) is 0.832. The topological polar surface area (TPSA) is 19.4 Å². The Balaban J connectivity index is 0.000000861.